The minimum Gasteiger partial charge on any atom is -0.488 e. The molecule has 3 aromatic carbocycles. The van der Waals surface area contributed by atoms with Gasteiger partial charge in [-0.1, -0.05) is 42.5 Å². The Labute approximate surface area is 199 Å². The molecule has 4 aromatic rings. The maximum atomic E-state index is 13.1. The van der Waals surface area contributed by atoms with Gasteiger partial charge in [-0.3, -0.25) is 9.59 Å². The van der Waals surface area contributed by atoms with Gasteiger partial charge < -0.3 is 14.1 Å². The summed E-state index contributed by atoms with van der Waals surface area (Å²) >= 11 is 0. The van der Waals surface area contributed by atoms with Crippen LogP contribution in [-0.2, 0) is 19.4 Å². The highest BCUT2D eigenvalue weighted by Crippen LogP contribution is 2.28. The van der Waals surface area contributed by atoms with Gasteiger partial charge in [0.25, 0.3) is 5.91 Å². The summed E-state index contributed by atoms with van der Waals surface area (Å²) in [7, 11) is 3.48. The van der Waals surface area contributed by atoms with E-state index >= 15 is 0 Å². The van der Waals surface area contributed by atoms with Crippen LogP contribution in [0, 0.1) is 13.8 Å². The van der Waals surface area contributed by atoms with Gasteiger partial charge in [0.2, 0.25) is 0 Å². The van der Waals surface area contributed by atoms with Gasteiger partial charge in [-0.2, -0.15) is 0 Å². The maximum absolute atomic E-state index is 13.1. The lowest BCUT2D eigenvalue weighted by molar-refractivity contribution is 0.0827. The van der Waals surface area contributed by atoms with Crippen LogP contribution in [0.5, 0.6) is 5.75 Å². The monoisotopic (exact) mass is 455 g/mol. The SMILES string of the molecule is Cc1c(CCc2cccc(C(=O)N(C)C)c2)oc2c(C)c(OCc3ccccc3)ccc2c1=O. The molecule has 5 heteroatoms. The zero-order chi connectivity index (χ0) is 24.2. The average Bonchev–Trinajstić information content (AvgIpc) is 2.85. The largest absolute Gasteiger partial charge is 0.488 e. The van der Waals surface area contributed by atoms with Crippen molar-refractivity contribution in [3.63, 3.8) is 0 Å². The van der Waals surface area contributed by atoms with Crippen LogP contribution in [0.4, 0.5) is 0 Å². The maximum Gasteiger partial charge on any atom is 0.253 e. The molecule has 0 bridgehead atoms. The summed E-state index contributed by atoms with van der Waals surface area (Å²) in [6.45, 7) is 4.17. The van der Waals surface area contributed by atoms with E-state index < -0.39 is 0 Å². The molecule has 0 radical (unpaired) electrons. The lowest BCUT2D eigenvalue weighted by Gasteiger charge is -2.13. The molecule has 4 rings (SSSR count). The van der Waals surface area contributed by atoms with Crippen molar-refractivity contribution in [3.8, 4) is 5.75 Å². The molecule has 5 nitrogen and oxygen atoms in total. The summed E-state index contributed by atoms with van der Waals surface area (Å²) in [5.74, 6) is 1.32. The topological polar surface area (TPSA) is 59.8 Å². The van der Waals surface area contributed by atoms with Gasteiger partial charge in [0.15, 0.2) is 5.43 Å². The minimum absolute atomic E-state index is 0.0227. The molecule has 0 aliphatic rings. The average molecular weight is 456 g/mol. The normalized spacial score (nSPS) is 10.9. The molecular formula is C29H29NO4. The summed E-state index contributed by atoms with van der Waals surface area (Å²) in [5, 5.41) is 0.560. The molecule has 1 amide bonds. The standard InChI is InChI=1S/C29H29NO4/c1-19-26(15-13-21-11-8-12-23(17-21)29(32)30(3)4)34-28-20(2)25(16-14-24(28)27(19)31)33-18-22-9-6-5-7-10-22/h5-12,14,16-17H,13,15,18H2,1-4H3. The molecule has 0 fully saturated rings. The first-order valence-electron chi connectivity index (χ1n) is 11.4. The van der Waals surface area contributed by atoms with Crippen LogP contribution in [0.3, 0.4) is 0 Å². The summed E-state index contributed by atoms with van der Waals surface area (Å²) in [5.41, 5.74) is 4.71. The smallest absolute Gasteiger partial charge is 0.253 e. The summed E-state index contributed by atoms with van der Waals surface area (Å²) < 4.78 is 12.3. The predicted molar refractivity (Wildman–Crippen MR) is 135 cm³/mol. The van der Waals surface area contributed by atoms with E-state index in [1.807, 2.05) is 74.5 Å². The van der Waals surface area contributed by atoms with E-state index in [0.29, 0.717) is 53.1 Å². The summed E-state index contributed by atoms with van der Waals surface area (Å²) in [4.78, 5) is 26.9. The molecule has 1 heterocycles. The van der Waals surface area contributed by atoms with Crippen molar-refractivity contribution in [1.29, 1.82) is 0 Å². The van der Waals surface area contributed by atoms with Crippen LogP contribution in [0.2, 0.25) is 0 Å². The van der Waals surface area contributed by atoms with Crippen molar-refractivity contribution in [2.24, 2.45) is 0 Å². The molecule has 1 aromatic heterocycles. The Morgan fingerprint density at radius 2 is 1.62 bits per heavy atom. The zero-order valence-corrected chi connectivity index (χ0v) is 20.1. The lowest BCUT2D eigenvalue weighted by Crippen LogP contribution is -2.21. The molecule has 0 saturated heterocycles. The molecule has 0 spiro atoms. The first-order chi connectivity index (χ1) is 16.3. The van der Waals surface area contributed by atoms with E-state index in [2.05, 4.69) is 0 Å². The number of hydrogen-bond acceptors (Lipinski definition) is 4. The van der Waals surface area contributed by atoms with Crippen molar-refractivity contribution >= 4 is 16.9 Å². The second kappa shape index (κ2) is 9.96. The van der Waals surface area contributed by atoms with Crippen molar-refractivity contribution in [2.45, 2.75) is 33.3 Å². The third kappa shape index (κ3) is 4.88. The molecule has 34 heavy (non-hydrogen) atoms. The molecule has 0 unspecified atom stereocenters. The highest BCUT2D eigenvalue weighted by molar-refractivity contribution is 5.94. The number of hydrogen-bond donors (Lipinski definition) is 0. The van der Waals surface area contributed by atoms with Crippen molar-refractivity contribution in [1.82, 2.24) is 4.90 Å². The third-order valence-electron chi connectivity index (χ3n) is 6.04. The zero-order valence-electron chi connectivity index (χ0n) is 20.1. The molecule has 0 saturated carbocycles. The highest BCUT2D eigenvalue weighted by atomic mass is 16.5. The van der Waals surface area contributed by atoms with Crippen LogP contribution >= 0.6 is 0 Å². The van der Waals surface area contributed by atoms with E-state index in [1.165, 1.54) is 0 Å². The number of amides is 1. The van der Waals surface area contributed by atoms with Crippen LogP contribution < -0.4 is 10.2 Å². The number of fused-ring (bicyclic) bond motifs is 1. The Balaban J connectivity index is 1.60. The van der Waals surface area contributed by atoms with Crippen LogP contribution in [0.15, 0.2) is 75.9 Å². The van der Waals surface area contributed by atoms with E-state index in [0.717, 1.165) is 16.7 Å². The molecule has 0 atom stereocenters. The predicted octanol–water partition coefficient (Wildman–Crippen LogP) is 5.48. The Morgan fingerprint density at radius 3 is 2.35 bits per heavy atom. The number of carbonyl (C=O) groups is 1. The van der Waals surface area contributed by atoms with E-state index in [1.54, 1.807) is 25.1 Å². The second-order valence-corrected chi connectivity index (χ2v) is 8.72. The summed E-state index contributed by atoms with van der Waals surface area (Å²) in [6, 6.07) is 21.2. The number of benzene rings is 3. The van der Waals surface area contributed by atoms with Crippen LogP contribution in [0.25, 0.3) is 11.0 Å². The second-order valence-electron chi connectivity index (χ2n) is 8.72. The van der Waals surface area contributed by atoms with Gasteiger partial charge in [0.05, 0.1) is 5.39 Å². The van der Waals surface area contributed by atoms with Crippen molar-refractivity contribution in [2.75, 3.05) is 14.1 Å². The van der Waals surface area contributed by atoms with Crippen molar-refractivity contribution in [3.05, 3.63) is 111 Å². The molecule has 174 valence electrons. The van der Waals surface area contributed by atoms with E-state index in [9.17, 15) is 9.59 Å². The van der Waals surface area contributed by atoms with Gasteiger partial charge >= 0.3 is 0 Å². The quantitative estimate of drug-likeness (QED) is 0.370. The fourth-order valence-corrected chi connectivity index (χ4v) is 4.02. The summed E-state index contributed by atoms with van der Waals surface area (Å²) in [6.07, 6.45) is 1.22. The molecule has 0 aliphatic heterocycles. The lowest BCUT2D eigenvalue weighted by atomic mass is 10.0. The Morgan fingerprint density at radius 1 is 0.882 bits per heavy atom. The molecular weight excluding hydrogens is 426 g/mol. The van der Waals surface area contributed by atoms with Crippen molar-refractivity contribution < 1.29 is 13.9 Å². The van der Waals surface area contributed by atoms with E-state index in [4.69, 9.17) is 9.15 Å². The van der Waals surface area contributed by atoms with Gasteiger partial charge in [-0.15, -0.1) is 0 Å². The molecule has 0 N–H and O–H groups in total. The fraction of sp³-hybridized carbons (Fsp3) is 0.241. The van der Waals surface area contributed by atoms with Gasteiger partial charge in [0.1, 0.15) is 23.7 Å². The first kappa shape index (κ1) is 23.3. The number of nitrogens with zero attached hydrogens (tertiary/aromatic N) is 1. The van der Waals surface area contributed by atoms with Crippen LogP contribution in [0.1, 0.15) is 38.4 Å². The highest BCUT2D eigenvalue weighted by Gasteiger charge is 2.16. The number of aryl methyl sites for hydroxylation is 3. The molecule has 0 aliphatic carbocycles. The van der Waals surface area contributed by atoms with Gasteiger partial charge in [-0.05, 0) is 55.7 Å². The van der Waals surface area contributed by atoms with Gasteiger partial charge in [0, 0.05) is 37.2 Å². The van der Waals surface area contributed by atoms with Crippen LogP contribution in [-0.4, -0.2) is 24.9 Å². The third-order valence-corrected chi connectivity index (χ3v) is 6.04. The Bertz CT molecular complexity index is 1390. The Hall–Kier alpha value is -3.86. The number of carbonyl (C=O) groups excluding carboxylic acids is 1. The van der Waals surface area contributed by atoms with E-state index in [-0.39, 0.29) is 11.3 Å². The Kier molecular flexibility index (Phi) is 6.82. The minimum atomic E-state index is -0.0334. The first-order valence-corrected chi connectivity index (χ1v) is 11.4. The number of ether oxygens (including phenoxy) is 1. The number of rotatable bonds is 7. The van der Waals surface area contributed by atoms with Gasteiger partial charge in [-0.25, -0.2) is 0 Å². The fourth-order valence-electron chi connectivity index (χ4n) is 4.02.